The third-order valence-corrected chi connectivity index (χ3v) is 6.69. The van der Waals surface area contributed by atoms with Gasteiger partial charge in [-0.3, -0.25) is 4.79 Å². The normalized spacial score (nSPS) is 30.3. The van der Waals surface area contributed by atoms with Crippen molar-refractivity contribution in [3.05, 3.63) is 0 Å². The fourth-order valence-electron chi connectivity index (χ4n) is 2.87. The summed E-state index contributed by atoms with van der Waals surface area (Å²) in [5.41, 5.74) is 0. The molecule has 7 nitrogen and oxygen atoms in total. The van der Waals surface area contributed by atoms with Crippen LogP contribution < -0.4 is 5.32 Å². The molecule has 0 radical (unpaired) electrons. The zero-order chi connectivity index (χ0) is 21.2. The summed E-state index contributed by atoms with van der Waals surface area (Å²) in [7, 11) is -5.71. The SMILES string of the molecule is CC(=O)N[C@H]1C(O)O[C@H](CO[Si](C)(C)C)[C@@H](O[Si](C)(C)C)[C@@H]1O[Si](C)(C)C. The van der Waals surface area contributed by atoms with Gasteiger partial charge in [-0.15, -0.1) is 0 Å². The summed E-state index contributed by atoms with van der Waals surface area (Å²) in [5, 5.41) is 13.4. The summed E-state index contributed by atoms with van der Waals surface area (Å²) in [6.45, 7) is 20.6. The summed E-state index contributed by atoms with van der Waals surface area (Å²) in [6.07, 6.45) is -2.54. The number of carbonyl (C=O) groups is 1. The highest BCUT2D eigenvalue weighted by Crippen LogP contribution is 2.30. The summed E-state index contributed by atoms with van der Waals surface area (Å²) in [4.78, 5) is 11.7. The Morgan fingerprint density at radius 1 is 0.926 bits per heavy atom. The Hall–Kier alpha value is -0.0794. The summed E-state index contributed by atoms with van der Waals surface area (Å²) in [5.74, 6) is -0.240. The van der Waals surface area contributed by atoms with Crippen LogP contribution in [0.2, 0.25) is 58.9 Å². The fraction of sp³-hybridized carbons (Fsp3) is 0.941. The van der Waals surface area contributed by atoms with Crippen LogP contribution in [0.5, 0.6) is 0 Å². The van der Waals surface area contributed by atoms with E-state index >= 15 is 0 Å². The third kappa shape index (κ3) is 9.31. The van der Waals surface area contributed by atoms with Gasteiger partial charge in [-0.1, -0.05) is 0 Å². The van der Waals surface area contributed by atoms with Crippen LogP contribution in [0.15, 0.2) is 0 Å². The average molecular weight is 438 g/mol. The van der Waals surface area contributed by atoms with Gasteiger partial charge in [0.25, 0.3) is 0 Å². The molecule has 0 saturated carbocycles. The minimum absolute atomic E-state index is 0.240. The van der Waals surface area contributed by atoms with Crippen molar-refractivity contribution >= 4 is 30.9 Å². The molecule has 1 rings (SSSR count). The molecule has 0 spiro atoms. The first-order valence-electron chi connectivity index (χ1n) is 9.59. The second kappa shape index (κ2) is 9.16. The summed E-state index contributed by atoms with van der Waals surface area (Å²) in [6, 6.07) is -0.682. The standard InChI is InChI=1S/C17H39NO6Si3/c1-12(19)18-14-16(24-27(8,9)10)15(23-26(5,6)7)13(22-17(14)20)11-21-25(2,3)4/h13-17,20H,11H2,1-10H3,(H,18,19)/t13-,14-,15-,16-,17?/m1/s1. The Morgan fingerprint density at radius 2 is 1.41 bits per heavy atom. The Balaban J connectivity index is 3.22. The van der Waals surface area contributed by atoms with E-state index in [0.717, 1.165) is 0 Å². The summed E-state index contributed by atoms with van der Waals surface area (Å²) < 4.78 is 24.8. The molecule has 1 amide bonds. The maximum atomic E-state index is 11.7. The first-order chi connectivity index (χ1) is 12.0. The number of hydrogen-bond donors (Lipinski definition) is 2. The molecular weight excluding hydrogens is 398 g/mol. The van der Waals surface area contributed by atoms with E-state index in [9.17, 15) is 9.90 Å². The van der Waals surface area contributed by atoms with Crippen molar-refractivity contribution in [3.63, 3.8) is 0 Å². The zero-order valence-corrected chi connectivity index (χ0v) is 21.6. The summed E-state index contributed by atoms with van der Waals surface area (Å²) >= 11 is 0. The van der Waals surface area contributed by atoms with Crippen LogP contribution in [-0.4, -0.2) is 73.2 Å². The number of carbonyl (C=O) groups excluding carboxylic acids is 1. The highest BCUT2D eigenvalue weighted by molar-refractivity contribution is 6.70. The smallest absolute Gasteiger partial charge is 0.217 e. The molecule has 0 aromatic rings. The van der Waals surface area contributed by atoms with Crippen LogP contribution in [0.25, 0.3) is 0 Å². The van der Waals surface area contributed by atoms with Crippen molar-refractivity contribution in [3.8, 4) is 0 Å². The monoisotopic (exact) mass is 437 g/mol. The van der Waals surface area contributed by atoms with Gasteiger partial charge in [0.05, 0.1) is 12.7 Å². The van der Waals surface area contributed by atoms with Crippen molar-refractivity contribution < 1.29 is 27.9 Å². The molecule has 0 aromatic carbocycles. The van der Waals surface area contributed by atoms with Gasteiger partial charge in [0.2, 0.25) is 5.91 Å². The Morgan fingerprint density at radius 3 is 1.81 bits per heavy atom. The van der Waals surface area contributed by atoms with Crippen molar-refractivity contribution in [2.75, 3.05) is 6.61 Å². The quantitative estimate of drug-likeness (QED) is 0.568. The maximum absolute atomic E-state index is 11.7. The molecule has 5 atom stereocenters. The number of aliphatic hydroxyl groups is 1. The molecule has 2 N–H and O–H groups in total. The molecule has 10 heteroatoms. The van der Waals surface area contributed by atoms with Crippen LogP contribution in [0.4, 0.5) is 0 Å². The molecule has 0 aromatic heterocycles. The molecule has 1 fully saturated rings. The van der Waals surface area contributed by atoms with Crippen LogP contribution in [0.1, 0.15) is 6.92 Å². The van der Waals surface area contributed by atoms with E-state index < -0.39 is 55.6 Å². The highest BCUT2D eigenvalue weighted by atomic mass is 28.4. The van der Waals surface area contributed by atoms with Crippen molar-refractivity contribution in [2.45, 2.75) is 96.5 Å². The minimum Gasteiger partial charge on any atom is -0.415 e. The van der Waals surface area contributed by atoms with E-state index in [-0.39, 0.29) is 5.91 Å². The van der Waals surface area contributed by atoms with Gasteiger partial charge < -0.3 is 28.4 Å². The third-order valence-electron chi connectivity index (χ3n) is 3.70. The van der Waals surface area contributed by atoms with Crippen molar-refractivity contribution in [2.24, 2.45) is 0 Å². The van der Waals surface area contributed by atoms with E-state index in [1.54, 1.807) is 0 Å². The lowest BCUT2D eigenvalue weighted by atomic mass is 9.97. The molecule has 0 bridgehead atoms. The molecule has 1 aliphatic heterocycles. The minimum atomic E-state index is -1.99. The first kappa shape index (κ1) is 25.0. The van der Waals surface area contributed by atoms with E-state index in [1.807, 2.05) is 0 Å². The fourth-order valence-corrected chi connectivity index (χ4v) is 5.74. The van der Waals surface area contributed by atoms with Gasteiger partial charge in [-0.05, 0) is 58.9 Å². The topological polar surface area (TPSA) is 86.3 Å². The van der Waals surface area contributed by atoms with E-state index in [2.05, 4.69) is 64.2 Å². The number of aliphatic hydroxyl groups excluding tert-OH is 1. The molecule has 0 aliphatic carbocycles. The van der Waals surface area contributed by atoms with Gasteiger partial charge >= 0.3 is 0 Å². The van der Waals surface area contributed by atoms with E-state index in [1.165, 1.54) is 6.92 Å². The van der Waals surface area contributed by atoms with Gasteiger partial charge in [-0.25, -0.2) is 0 Å². The predicted octanol–water partition coefficient (Wildman–Crippen LogP) is 2.50. The Kier molecular flexibility index (Phi) is 8.47. The zero-order valence-electron chi connectivity index (χ0n) is 18.6. The van der Waals surface area contributed by atoms with Crippen LogP contribution >= 0.6 is 0 Å². The van der Waals surface area contributed by atoms with E-state index in [0.29, 0.717) is 6.61 Å². The van der Waals surface area contributed by atoms with Gasteiger partial charge in [0.15, 0.2) is 31.2 Å². The number of nitrogens with one attached hydrogen (secondary N) is 1. The molecule has 1 unspecified atom stereocenters. The molecule has 1 aliphatic rings. The molecular formula is C17H39NO6Si3. The lowest BCUT2D eigenvalue weighted by molar-refractivity contribution is -0.245. The second-order valence-corrected chi connectivity index (χ2v) is 23.5. The van der Waals surface area contributed by atoms with Gasteiger partial charge in [0, 0.05) is 6.92 Å². The van der Waals surface area contributed by atoms with Crippen LogP contribution in [0.3, 0.4) is 0 Å². The highest BCUT2D eigenvalue weighted by Gasteiger charge is 2.50. The van der Waals surface area contributed by atoms with Gasteiger partial charge in [-0.2, -0.15) is 0 Å². The molecule has 1 heterocycles. The van der Waals surface area contributed by atoms with Crippen molar-refractivity contribution in [1.29, 1.82) is 0 Å². The number of hydrogen-bond acceptors (Lipinski definition) is 6. The predicted molar refractivity (Wildman–Crippen MR) is 114 cm³/mol. The Bertz CT molecular complexity index is 500. The maximum Gasteiger partial charge on any atom is 0.217 e. The molecule has 27 heavy (non-hydrogen) atoms. The number of ether oxygens (including phenoxy) is 1. The lowest BCUT2D eigenvalue weighted by Gasteiger charge is -2.48. The molecule has 160 valence electrons. The average Bonchev–Trinajstić information content (AvgIpc) is 2.40. The molecule has 1 saturated heterocycles. The van der Waals surface area contributed by atoms with Gasteiger partial charge in [0.1, 0.15) is 18.2 Å². The first-order valence-corrected chi connectivity index (χ1v) is 19.8. The van der Waals surface area contributed by atoms with Crippen molar-refractivity contribution in [1.82, 2.24) is 5.32 Å². The number of rotatable bonds is 8. The van der Waals surface area contributed by atoms with Crippen LogP contribution in [-0.2, 0) is 22.8 Å². The lowest BCUT2D eigenvalue weighted by Crippen LogP contribution is -2.68. The largest absolute Gasteiger partial charge is 0.415 e. The van der Waals surface area contributed by atoms with E-state index in [4.69, 9.17) is 18.0 Å². The Labute approximate surface area is 167 Å². The van der Waals surface area contributed by atoms with Crippen LogP contribution in [0, 0.1) is 0 Å². The number of amides is 1. The second-order valence-electron chi connectivity index (χ2n) is 10.1.